The summed E-state index contributed by atoms with van der Waals surface area (Å²) in [6, 6.07) is 34.4. The number of anilines is 1. The minimum absolute atomic E-state index is 0.0851. The molecule has 56 heavy (non-hydrogen) atoms. The second-order valence-electron chi connectivity index (χ2n) is 14.9. The minimum Gasteiger partial charge on any atom is -0.404 e. The molecule has 15 heteroatoms. The SMILES string of the molecule is Cc1ccc(S(=O)(=O)OC[C@]2(CO[Si](c3ccccc3)(c3ccccc3)C(C)(C)C)O[C@@H](n3cnc4c(NC(=O)c5ccccc5)ncnc43)[C@H](O)[C@@H]2O)cc1. The van der Waals surface area contributed by atoms with Gasteiger partial charge in [-0.3, -0.25) is 13.5 Å². The fourth-order valence-electron chi connectivity index (χ4n) is 7.19. The van der Waals surface area contributed by atoms with Crippen molar-refractivity contribution >= 4 is 51.7 Å². The van der Waals surface area contributed by atoms with E-state index in [4.69, 9.17) is 13.3 Å². The Labute approximate surface area is 326 Å². The molecule has 0 bridgehead atoms. The van der Waals surface area contributed by atoms with Crippen LogP contribution in [0.15, 0.2) is 133 Å². The highest BCUT2D eigenvalue weighted by atomic mass is 32.2. The predicted molar refractivity (Wildman–Crippen MR) is 212 cm³/mol. The third-order valence-electron chi connectivity index (χ3n) is 10.1. The lowest BCUT2D eigenvalue weighted by molar-refractivity contribution is -0.140. The number of hydrogen-bond acceptors (Lipinski definition) is 11. The molecule has 7 rings (SSSR count). The number of nitrogens with zero attached hydrogens (tertiary/aromatic N) is 4. The van der Waals surface area contributed by atoms with Crippen LogP contribution in [-0.2, 0) is 23.5 Å². The lowest BCUT2D eigenvalue weighted by atomic mass is 9.97. The first-order valence-electron chi connectivity index (χ1n) is 18.0. The maximum Gasteiger partial charge on any atom is 0.297 e. The Bertz CT molecular complexity index is 2370. The Morgan fingerprint density at radius 1 is 0.857 bits per heavy atom. The summed E-state index contributed by atoms with van der Waals surface area (Å²) in [5.74, 6) is -0.302. The molecular formula is C41H43N5O8SSi. The summed E-state index contributed by atoms with van der Waals surface area (Å²) in [5.41, 5.74) is -0.303. The molecular weight excluding hydrogens is 751 g/mol. The third-order valence-corrected chi connectivity index (χ3v) is 16.4. The second-order valence-corrected chi connectivity index (χ2v) is 20.8. The summed E-state index contributed by atoms with van der Waals surface area (Å²) in [6.07, 6.45) is -2.14. The van der Waals surface area contributed by atoms with E-state index in [1.807, 2.05) is 67.6 Å². The fraction of sp³-hybridized carbons (Fsp3) is 0.268. The quantitative estimate of drug-likeness (QED) is 0.119. The number of aryl methyl sites for hydroxylation is 1. The van der Waals surface area contributed by atoms with Crippen molar-refractivity contribution in [2.45, 2.75) is 61.7 Å². The van der Waals surface area contributed by atoms with Crippen molar-refractivity contribution in [1.82, 2.24) is 19.5 Å². The van der Waals surface area contributed by atoms with Crippen LogP contribution >= 0.6 is 0 Å². The Hall–Kier alpha value is -5.13. The van der Waals surface area contributed by atoms with Crippen LogP contribution in [0.5, 0.6) is 0 Å². The van der Waals surface area contributed by atoms with Crippen LogP contribution in [0.4, 0.5) is 5.82 Å². The molecule has 6 aromatic rings. The fourth-order valence-corrected chi connectivity index (χ4v) is 12.8. The van der Waals surface area contributed by atoms with Crippen LogP contribution in [-0.4, -0.2) is 83.4 Å². The first kappa shape index (κ1) is 39.1. The van der Waals surface area contributed by atoms with Crippen molar-refractivity contribution in [3.05, 3.63) is 139 Å². The highest BCUT2D eigenvalue weighted by Gasteiger charge is 2.59. The Balaban J connectivity index is 1.29. The van der Waals surface area contributed by atoms with E-state index < -0.39 is 60.0 Å². The Morgan fingerprint density at radius 3 is 2.04 bits per heavy atom. The average Bonchev–Trinajstić information content (AvgIpc) is 3.74. The summed E-state index contributed by atoms with van der Waals surface area (Å²) in [7, 11) is -7.67. The molecule has 13 nitrogen and oxygen atoms in total. The zero-order valence-corrected chi connectivity index (χ0v) is 33.1. The zero-order chi connectivity index (χ0) is 39.7. The van der Waals surface area contributed by atoms with Crippen molar-refractivity contribution in [3.8, 4) is 0 Å². The van der Waals surface area contributed by atoms with Crippen LogP contribution in [0, 0.1) is 6.92 Å². The molecule has 1 aliphatic rings. The number of amides is 1. The molecule has 1 fully saturated rings. The lowest BCUT2D eigenvalue weighted by Gasteiger charge is -2.45. The van der Waals surface area contributed by atoms with Gasteiger partial charge in [-0.15, -0.1) is 0 Å². The summed E-state index contributed by atoms with van der Waals surface area (Å²) in [4.78, 5) is 26.0. The summed E-state index contributed by atoms with van der Waals surface area (Å²) in [5, 5.41) is 28.0. The highest BCUT2D eigenvalue weighted by molar-refractivity contribution is 7.86. The van der Waals surface area contributed by atoms with Crippen LogP contribution in [0.25, 0.3) is 11.2 Å². The largest absolute Gasteiger partial charge is 0.404 e. The van der Waals surface area contributed by atoms with Gasteiger partial charge in [-0.2, -0.15) is 8.42 Å². The van der Waals surface area contributed by atoms with Crippen LogP contribution in [0.1, 0.15) is 42.9 Å². The number of aliphatic hydroxyl groups excluding tert-OH is 2. The van der Waals surface area contributed by atoms with Crippen molar-refractivity contribution in [2.75, 3.05) is 18.5 Å². The van der Waals surface area contributed by atoms with Crippen molar-refractivity contribution in [1.29, 1.82) is 0 Å². The van der Waals surface area contributed by atoms with Gasteiger partial charge >= 0.3 is 0 Å². The number of nitrogens with one attached hydrogen (secondary N) is 1. The number of fused-ring (bicyclic) bond motifs is 1. The molecule has 0 aliphatic carbocycles. The molecule has 3 heterocycles. The standard InChI is InChI=1S/C41H43N5O8SSi/c1-28-20-22-30(23-21-28)55(50,51)52-24-41(25-53-56(40(2,3)4,31-16-10-6-11-17-31)32-18-12-7-13-19-32)35(48)34(47)39(54-41)46-27-44-33-36(42-26-43-37(33)46)45-38(49)29-14-8-5-9-15-29/h5-23,26-27,34-35,39,47-48H,24-25H2,1-4H3,(H,42,43,45,49)/t34-,35+,39-,41-/m1/s1. The molecule has 4 atom stereocenters. The van der Waals surface area contributed by atoms with Gasteiger partial charge in [-0.1, -0.05) is 117 Å². The summed E-state index contributed by atoms with van der Waals surface area (Å²) >= 11 is 0. The van der Waals surface area contributed by atoms with Crippen molar-refractivity contribution in [2.24, 2.45) is 0 Å². The molecule has 1 saturated heterocycles. The number of carbonyl (C=O) groups excluding carboxylic acids is 1. The number of aliphatic hydroxyl groups is 2. The number of aromatic nitrogens is 4. The van der Waals surface area contributed by atoms with E-state index in [1.165, 1.54) is 29.4 Å². The monoisotopic (exact) mass is 793 g/mol. The first-order chi connectivity index (χ1) is 26.8. The van der Waals surface area contributed by atoms with Gasteiger partial charge in [0.05, 0.1) is 17.8 Å². The van der Waals surface area contributed by atoms with Crippen LogP contribution < -0.4 is 15.7 Å². The number of ether oxygens (including phenoxy) is 1. The van der Waals surface area contributed by atoms with Gasteiger partial charge in [0.15, 0.2) is 23.2 Å². The summed E-state index contributed by atoms with van der Waals surface area (Å²) in [6.45, 7) is 7.00. The van der Waals surface area contributed by atoms with Gasteiger partial charge in [0, 0.05) is 5.56 Å². The van der Waals surface area contributed by atoms with Crippen molar-refractivity contribution < 1.29 is 36.8 Å². The molecule has 1 amide bonds. The maximum absolute atomic E-state index is 13.6. The number of rotatable bonds is 12. The molecule has 290 valence electrons. The van der Waals surface area contributed by atoms with E-state index in [2.05, 4.69) is 41.0 Å². The molecule has 3 N–H and O–H groups in total. The van der Waals surface area contributed by atoms with Gasteiger partial charge in [-0.25, -0.2) is 15.0 Å². The topological polar surface area (TPSA) is 175 Å². The van der Waals surface area contributed by atoms with Crippen LogP contribution in [0.3, 0.4) is 0 Å². The van der Waals surface area contributed by atoms with E-state index in [-0.39, 0.29) is 28.5 Å². The number of benzene rings is 4. The zero-order valence-electron chi connectivity index (χ0n) is 31.3. The van der Waals surface area contributed by atoms with E-state index in [9.17, 15) is 23.4 Å². The smallest absolute Gasteiger partial charge is 0.297 e. The molecule has 1 aliphatic heterocycles. The molecule has 0 unspecified atom stereocenters. The normalized spacial score (nSPS) is 20.3. The first-order valence-corrected chi connectivity index (χ1v) is 21.4. The van der Waals surface area contributed by atoms with E-state index in [0.717, 1.165) is 15.9 Å². The average molecular weight is 794 g/mol. The van der Waals surface area contributed by atoms with Crippen molar-refractivity contribution in [3.63, 3.8) is 0 Å². The summed E-state index contributed by atoms with van der Waals surface area (Å²) < 4.78 is 48.2. The van der Waals surface area contributed by atoms with Crippen LogP contribution in [0.2, 0.25) is 5.04 Å². The predicted octanol–water partition coefficient (Wildman–Crippen LogP) is 4.36. The van der Waals surface area contributed by atoms with Gasteiger partial charge in [0.1, 0.15) is 30.7 Å². The minimum atomic E-state index is -4.37. The second kappa shape index (κ2) is 15.4. The molecule has 0 saturated carbocycles. The van der Waals surface area contributed by atoms with E-state index in [1.54, 1.807) is 42.5 Å². The van der Waals surface area contributed by atoms with Gasteiger partial charge in [0.25, 0.3) is 24.3 Å². The third kappa shape index (κ3) is 7.30. The van der Waals surface area contributed by atoms with E-state index in [0.29, 0.717) is 5.56 Å². The molecule has 0 radical (unpaired) electrons. The Kier molecular flexibility index (Phi) is 10.8. The van der Waals surface area contributed by atoms with Gasteiger partial charge < -0.3 is 24.7 Å². The lowest BCUT2D eigenvalue weighted by Crippen LogP contribution is -2.68. The molecule has 4 aromatic carbocycles. The molecule has 0 spiro atoms. The maximum atomic E-state index is 13.6. The Morgan fingerprint density at radius 2 is 1.45 bits per heavy atom. The molecule has 2 aromatic heterocycles. The van der Waals surface area contributed by atoms with Gasteiger partial charge in [0.2, 0.25) is 0 Å². The number of hydrogen-bond donors (Lipinski definition) is 3. The number of imidazole rings is 1. The highest BCUT2D eigenvalue weighted by Crippen LogP contribution is 2.43. The van der Waals surface area contributed by atoms with Gasteiger partial charge in [-0.05, 0) is 46.6 Å². The van der Waals surface area contributed by atoms with E-state index >= 15 is 0 Å². The number of carbonyl (C=O) groups is 1.